The third-order valence-corrected chi connectivity index (χ3v) is 9.67. The summed E-state index contributed by atoms with van der Waals surface area (Å²) in [6.07, 6.45) is 4.25. The third-order valence-electron chi connectivity index (χ3n) is 9.67. The van der Waals surface area contributed by atoms with Gasteiger partial charge in [-0.25, -0.2) is 4.98 Å². The summed E-state index contributed by atoms with van der Waals surface area (Å²) in [7, 11) is 5.32. The van der Waals surface area contributed by atoms with E-state index in [1.165, 1.54) is 0 Å². The van der Waals surface area contributed by atoms with Crippen LogP contribution in [-0.2, 0) is 45.7 Å². The molecule has 11 nitrogen and oxygen atoms in total. The molecule has 0 N–H and O–H groups in total. The van der Waals surface area contributed by atoms with Crippen molar-refractivity contribution >= 4 is 34.1 Å². The highest BCUT2D eigenvalue weighted by Gasteiger charge is 2.58. The molecule has 45 heavy (non-hydrogen) atoms. The molecule has 0 radical (unpaired) electrons. The second-order valence-corrected chi connectivity index (χ2v) is 12.7. The van der Waals surface area contributed by atoms with Gasteiger partial charge in [0.15, 0.2) is 6.10 Å². The lowest BCUT2D eigenvalue weighted by molar-refractivity contribution is -0.141. The van der Waals surface area contributed by atoms with E-state index < -0.39 is 6.10 Å². The number of anilines is 2. The first-order valence-corrected chi connectivity index (χ1v) is 15.7. The van der Waals surface area contributed by atoms with Crippen molar-refractivity contribution in [1.29, 1.82) is 0 Å². The Morgan fingerprint density at radius 3 is 2.62 bits per heavy atom. The molecule has 0 unspecified atom stereocenters. The molecule has 2 aliphatic heterocycles. The predicted molar refractivity (Wildman–Crippen MR) is 172 cm³/mol. The van der Waals surface area contributed by atoms with Crippen LogP contribution < -0.4 is 15.4 Å². The summed E-state index contributed by atoms with van der Waals surface area (Å²) >= 11 is 0. The highest BCUT2D eigenvalue weighted by molar-refractivity contribution is 6.09. The zero-order chi connectivity index (χ0) is 31.5. The molecule has 7 rings (SSSR count). The highest BCUT2D eigenvalue weighted by Crippen LogP contribution is 2.57. The SMILES string of the molecule is Cc1ccnn1CCc1nc2cc(N3CCO[C@H](C(=O)N(C)C)C3)ccc2c(=O)n1CCc1ccc2c(c1)N(C)C(=O)C21CC1. The zero-order valence-corrected chi connectivity index (χ0v) is 26.3. The van der Waals surface area contributed by atoms with Crippen molar-refractivity contribution in [1.82, 2.24) is 24.2 Å². The number of carbonyl (C=O) groups excluding carboxylic acids is 2. The number of nitrogens with zero attached hydrogens (tertiary/aromatic N) is 7. The Bertz CT molecular complexity index is 1870. The van der Waals surface area contributed by atoms with Gasteiger partial charge in [-0.2, -0.15) is 5.10 Å². The maximum absolute atomic E-state index is 14.0. The fourth-order valence-corrected chi connectivity index (χ4v) is 6.84. The van der Waals surface area contributed by atoms with Crippen LogP contribution in [0, 0.1) is 6.92 Å². The quantitative estimate of drug-likeness (QED) is 0.303. The number of carbonyl (C=O) groups is 2. The Balaban J connectivity index is 1.19. The van der Waals surface area contributed by atoms with Crippen molar-refractivity contribution in [3.05, 3.63) is 81.7 Å². The molecule has 2 aromatic carbocycles. The summed E-state index contributed by atoms with van der Waals surface area (Å²) in [5.74, 6) is 0.830. The molecule has 11 heteroatoms. The Kier molecular flexibility index (Phi) is 7.23. The van der Waals surface area contributed by atoms with Crippen LogP contribution in [0.4, 0.5) is 11.4 Å². The van der Waals surface area contributed by atoms with Gasteiger partial charge >= 0.3 is 0 Å². The van der Waals surface area contributed by atoms with Crippen LogP contribution in [0.1, 0.15) is 35.5 Å². The number of rotatable bonds is 8. The first-order valence-electron chi connectivity index (χ1n) is 15.7. The van der Waals surface area contributed by atoms with Crippen molar-refractivity contribution in [2.75, 3.05) is 50.6 Å². The van der Waals surface area contributed by atoms with Crippen LogP contribution in [0.2, 0.25) is 0 Å². The summed E-state index contributed by atoms with van der Waals surface area (Å²) in [5.41, 5.74) is 5.41. The van der Waals surface area contributed by atoms with E-state index in [1.807, 2.05) is 42.9 Å². The van der Waals surface area contributed by atoms with Crippen molar-refractivity contribution in [3.63, 3.8) is 0 Å². The normalized spacial score (nSPS) is 18.6. The number of benzene rings is 2. The number of morpholine rings is 1. The topological polar surface area (TPSA) is 106 Å². The molecular weight excluding hydrogens is 570 g/mol. The van der Waals surface area contributed by atoms with Crippen molar-refractivity contribution in [2.24, 2.45) is 0 Å². The molecule has 4 aromatic rings. The van der Waals surface area contributed by atoms with Crippen molar-refractivity contribution in [2.45, 2.75) is 57.2 Å². The molecule has 1 saturated carbocycles. The molecule has 3 aliphatic rings. The number of aromatic nitrogens is 4. The Hall–Kier alpha value is -4.51. The predicted octanol–water partition coefficient (Wildman–Crippen LogP) is 2.69. The lowest BCUT2D eigenvalue weighted by atomic mass is 9.96. The zero-order valence-electron chi connectivity index (χ0n) is 26.3. The van der Waals surface area contributed by atoms with Crippen LogP contribution in [-0.4, -0.2) is 83.0 Å². The van der Waals surface area contributed by atoms with Gasteiger partial charge in [0, 0.05) is 70.5 Å². The first kappa shape index (κ1) is 29.2. The lowest BCUT2D eigenvalue weighted by Crippen LogP contribution is -2.49. The second-order valence-electron chi connectivity index (χ2n) is 12.7. The number of amides is 2. The van der Waals surface area contributed by atoms with Gasteiger partial charge in [0.1, 0.15) is 5.82 Å². The molecule has 1 saturated heterocycles. The molecule has 1 atom stereocenters. The van der Waals surface area contributed by atoms with E-state index in [9.17, 15) is 14.4 Å². The van der Waals surface area contributed by atoms with Gasteiger partial charge in [-0.05, 0) is 67.6 Å². The minimum absolute atomic E-state index is 0.0636. The van der Waals surface area contributed by atoms with E-state index in [2.05, 4.69) is 28.2 Å². The lowest BCUT2D eigenvalue weighted by Gasteiger charge is -2.34. The Labute approximate surface area is 262 Å². The van der Waals surface area contributed by atoms with Gasteiger partial charge < -0.3 is 19.4 Å². The van der Waals surface area contributed by atoms with E-state index in [0.717, 1.165) is 41.0 Å². The third kappa shape index (κ3) is 5.08. The number of ether oxygens (including phenoxy) is 1. The van der Waals surface area contributed by atoms with E-state index in [0.29, 0.717) is 62.4 Å². The Morgan fingerprint density at radius 1 is 1.07 bits per heavy atom. The number of hydrogen-bond donors (Lipinski definition) is 0. The molecule has 234 valence electrons. The van der Waals surface area contributed by atoms with Crippen LogP contribution in [0.5, 0.6) is 0 Å². The monoisotopic (exact) mass is 609 g/mol. The molecule has 1 aliphatic carbocycles. The first-order chi connectivity index (χ1) is 21.7. The van der Waals surface area contributed by atoms with E-state index in [-0.39, 0.29) is 22.8 Å². The number of fused-ring (bicyclic) bond motifs is 3. The van der Waals surface area contributed by atoms with Crippen molar-refractivity contribution in [3.8, 4) is 0 Å². The minimum Gasteiger partial charge on any atom is -0.366 e. The van der Waals surface area contributed by atoms with Crippen LogP contribution in [0.3, 0.4) is 0 Å². The summed E-state index contributed by atoms with van der Waals surface area (Å²) in [4.78, 5) is 50.0. The fourth-order valence-electron chi connectivity index (χ4n) is 6.84. The van der Waals surface area contributed by atoms with E-state index in [4.69, 9.17) is 9.72 Å². The minimum atomic E-state index is -0.537. The number of likely N-dealkylation sites (N-methyl/N-ethyl adjacent to an activating group) is 2. The maximum atomic E-state index is 14.0. The van der Waals surface area contributed by atoms with Gasteiger partial charge in [-0.3, -0.25) is 23.6 Å². The van der Waals surface area contributed by atoms with Gasteiger partial charge in [0.25, 0.3) is 11.5 Å². The summed E-state index contributed by atoms with van der Waals surface area (Å²) in [6, 6.07) is 14.0. The maximum Gasteiger partial charge on any atom is 0.261 e. The summed E-state index contributed by atoms with van der Waals surface area (Å²) < 4.78 is 9.48. The Morgan fingerprint density at radius 2 is 1.89 bits per heavy atom. The van der Waals surface area contributed by atoms with E-state index in [1.54, 1.807) is 34.7 Å². The molecule has 2 fully saturated rings. The average Bonchev–Trinajstić information content (AvgIpc) is 3.71. The van der Waals surface area contributed by atoms with Crippen molar-refractivity contribution < 1.29 is 14.3 Å². The van der Waals surface area contributed by atoms with Gasteiger partial charge in [-0.15, -0.1) is 0 Å². The largest absolute Gasteiger partial charge is 0.366 e. The number of hydrogen-bond acceptors (Lipinski definition) is 7. The van der Waals surface area contributed by atoms with E-state index >= 15 is 0 Å². The van der Waals surface area contributed by atoms with Crippen LogP contribution >= 0.6 is 0 Å². The molecule has 0 bridgehead atoms. The molecule has 2 amide bonds. The molecule has 1 spiro atoms. The second kappa shape index (κ2) is 11.1. The standard InChI is InChI=1S/C34H39N7O4/c1-22-9-14-35-41(22)16-11-30-36-27-20-24(39-17-18-45-29(21-39)32(43)37(2)3)6-7-25(27)31(42)40(30)15-10-23-5-8-26-28(19-23)38(4)33(44)34(26)12-13-34/h5-9,14,19-20,29H,10-13,15-18,21H2,1-4H3/t29-/m0/s1. The molecule has 2 aromatic heterocycles. The van der Waals surface area contributed by atoms with Gasteiger partial charge in [0.05, 0.1) is 29.5 Å². The molecular formula is C34H39N7O4. The fraction of sp³-hybridized carbons (Fsp3) is 0.441. The number of aryl methyl sites for hydroxylation is 4. The van der Waals surface area contributed by atoms with Gasteiger partial charge in [0.2, 0.25) is 5.91 Å². The smallest absolute Gasteiger partial charge is 0.261 e. The average molecular weight is 610 g/mol. The summed E-state index contributed by atoms with van der Waals surface area (Å²) in [6.45, 7) is 4.61. The highest BCUT2D eigenvalue weighted by atomic mass is 16.5. The molecule has 4 heterocycles. The summed E-state index contributed by atoms with van der Waals surface area (Å²) in [5, 5.41) is 4.99. The van der Waals surface area contributed by atoms with Gasteiger partial charge in [-0.1, -0.05) is 12.1 Å². The van der Waals surface area contributed by atoms with Crippen LogP contribution in [0.25, 0.3) is 10.9 Å². The van der Waals surface area contributed by atoms with Crippen LogP contribution in [0.15, 0.2) is 53.5 Å².